The normalized spacial score (nSPS) is 10.0. The van der Waals surface area contributed by atoms with E-state index in [0.29, 0.717) is 6.42 Å². The molecule has 0 aliphatic heterocycles. The van der Waals surface area contributed by atoms with Crippen molar-refractivity contribution in [3.8, 4) is 0 Å². The molecule has 0 saturated heterocycles. The van der Waals surface area contributed by atoms with E-state index in [1.165, 1.54) is 0 Å². The lowest BCUT2D eigenvalue weighted by molar-refractivity contribution is -0.116. The van der Waals surface area contributed by atoms with Gasteiger partial charge in [0.2, 0.25) is 5.91 Å². The summed E-state index contributed by atoms with van der Waals surface area (Å²) in [6.45, 7) is 5.83. The summed E-state index contributed by atoms with van der Waals surface area (Å²) in [6, 6.07) is 7.90. The monoisotopic (exact) mass is 204 g/mol. The summed E-state index contributed by atoms with van der Waals surface area (Å²) < 4.78 is 0. The van der Waals surface area contributed by atoms with Crippen LogP contribution in [0.5, 0.6) is 0 Å². The predicted molar refractivity (Wildman–Crippen MR) is 63.7 cm³/mol. The van der Waals surface area contributed by atoms with Crippen molar-refractivity contribution >= 4 is 11.6 Å². The van der Waals surface area contributed by atoms with Gasteiger partial charge in [-0.05, 0) is 30.9 Å². The Morgan fingerprint density at radius 3 is 2.80 bits per heavy atom. The average molecular weight is 204 g/mol. The van der Waals surface area contributed by atoms with Gasteiger partial charge in [0.25, 0.3) is 0 Å². The molecule has 15 heavy (non-hydrogen) atoms. The number of carbonyl (C=O) groups is 1. The van der Waals surface area contributed by atoms with E-state index in [2.05, 4.69) is 12.2 Å². The average Bonchev–Trinajstić information content (AvgIpc) is 2.21. The summed E-state index contributed by atoms with van der Waals surface area (Å²) in [5.41, 5.74) is 2.09. The first-order valence-electron chi connectivity index (χ1n) is 5.45. The lowest BCUT2D eigenvalue weighted by atomic mass is 10.1. The first kappa shape index (κ1) is 11.8. The molecule has 0 saturated carbocycles. The van der Waals surface area contributed by atoms with Crippen molar-refractivity contribution in [2.24, 2.45) is 0 Å². The van der Waals surface area contributed by atoms with Crippen LogP contribution in [0.2, 0.25) is 0 Å². The zero-order chi connectivity index (χ0) is 11.1. The standard InChI is InChI=1S/C13H18NO/c1-3-7-11-9-5-6-10-12(11)14-13(15)8-4-2/h5-6,9-10H,1,3-4,7-8H2,2H3,(H,14,15). The van der Waals surface area contributed by atoms with Crippen molar-refractivity contribution in [2.45, 2.75) is 32.6 Å². The lowest BCUT2D eigenvalue weighted by Crippen LogP contribution is -2.12. The lowest BCUT2D eigenvalue weighted by Gasteiger charge is -2.09. The van der Waals surface area contributed by atoms with Crippen molar-refractivity contribution in [3.05, 3.63) is 36.8 Å². The maximum Gasteiger partial charge on any atom is 0.224 e. The number of aryl methyl sites for hydroxylation is 1. The number of hydrogen-bond acceptors (Lipinski definition) is 1. The Bertz CT molecular complexity index is 320. The van der Waals surface area contributed by atoms with Gasteiger partial charge in [-0.1, -0.05) is 32.0 Å². The van der Waals surface area contributed by atoms with Crippen LogP contribution < -0.4 is 5.32 Å². The Labute approximate surface area is 91.7 Å². The van der Waals surface area contributed by atoms with E-state index >= 15 is 0 Å². The van der Waals surface area contributed by atoms with Crippen molar-refractivity contribution in [1.82, 2.24) is 0 Å². The predicted octanol–water partition coefficient (Wildman–Crippen LogP) is 3.19. The van der Waals surface area contributed by atoms with E-state index in [0.717, 1.165) is 30.5 Å². The largest absolute Gasteiger partial charge is 0.326 e. The zero-order valence-electron chi connectivity index (χ0n) is 9.25. The molecule has 0 aromatic heterocycles. The molecular weight excluding hydrogens is 186 g/mol. The zero-order valence-corrected chi connectivity index (χ0v) is 9.25. The summed E-state index contributed by atoms with van der Waals surface area (Å²) >= 11 is 0. The fourth-order valence-corrected chi connectivity index (χ4v) is 1.49. The highest BCUT2D eigenvalue weighted by molar-refractivity contribution is 5.91. The highest BCUT2D eigenvalue weighted by Crippen LogP contribution is 2.16. The minimum atomic E-state index is 0.0917. The third-order valence-corrected chi connectivity index (χ3v) is 2.21. The van der Waals surface area contributed by atoms with Gasteiger partial charge >= 0.3 is 0 Å². The first-order valence-corrected chi connectivity index (χ1v) is 5.45. The highest BCUT2D eigenvalue weighted by atomic mass is 16.1. The highest BCUT2D eigenvalue weighted by Gasteiger charge is 2.04. The molecule has 0 bridgehead atoms. The molecule has 1 rings (SSSR count). The molecule has 0 aliphatic carbocycles. The second-order valence-corrected chi connectivity index (χ2v) is 3.56. The van der Waals surface area contributed by atoms with Crippen molar-refractivity contribution in [1.29, 1.82) is 0 Å². The number of para-hydroxylation sites is 1. The molecule has 0 heterocycles. The second kappa shape index (κ2) is 6.23. The molecule has 0 fully saturated rings. The van der Waals surface area contributed by atoms with Crippen LogP contribution in [0.3, 0.4) is 0 Å². The minimum Gasteiger partial charge on any atom is -0.326 e. The van der Waals surface area contributed by atoms with E-state index in [1.54, 1.807) is 0 Å². The van der Waals surface area contributed by atoms with Crippen LogP contribution in [-0.2, 0) is 11.2 Å². The molecular formula is C13H18NO. The first-order chi connectivity index (χ1) is 7.27. The van der Waals surface area contributed by atoms with Crippen LogP contribution in [-0.4, -0.2) is 5.91 Å². The van der Waals surface area contributed by atoms with Crippen LogP contribution in [0, 0.1) is 6.92 Å². The topological polar surface area (TPSA) is 29.1 Å². The van der Waals surface area contributed by atoms with Gasteiger partial charge in [0, 0.05) is 12.1 Å². The van der Waals surface area contributed by atoms with Gasteiger partial charge in [-0.2, -0.15) is 0 Å². The third kappa shape index (κ3) is 3.74. The van der Waals surface area contributed by atoms with Crippen molar-refractivity contribution in [3.63, 3.8) is 0 Å². The molecule has 81 valence electrons. The third-order valence-electron chi connectivity index (χ3n) is 2.21. The smallest absolute Gasteiger partial charge is 0.224 e. The molecule has 1 aromatic rings. The van der Waals surface area contributed by atoms with E-state index < -0.39 is 0 Å². The SMILES string of the molecule is [CH2]CCc1ccccc1NC(=O)CCC. The van der Waals surface area contributed by atoms with E-state index in [4.69, 9.17) is 0 Å². The van der Waals surface area contributed by atoms with E-state index in [-0.39, 0.29) is 5.91 Å². The number of rotatable bonds is 5. The molecule has 0 unspecified atom stereocenters. The molecule has 1 amide bonds. The summed E-state index contributed by atoms with van der Waals surface area (Å²) in [5.74, 6) is 0.0917. The number of nitrogens with one attached hydrogen (secondary N) is 1. The molecule has 0 aliphatic rings. The van der Waals surface area contributed by atoms with Crippen LogP contribution >= 0.6 is 0 Å². The second-order valence-electron chi connectivity index (χ2n) is 3.56. The summed E-state index contributed by atoms with van der Waals surface area (Å²) in [7, 11) is 0. The Balaban J connectivity index is 2.70. The van der Waals surface area contributed by atoms with Crippen LogP contribution in [0.25, 0.3) is 0 Å². The molecule has 2 nitrogen and oxygen atoms in total. The number of carbonyl (C=O) groups excluding carboxylic acids is 1. The summed E-state index contributed by atoms with van der Waals surface area (Å²) in [4.78, 5) is 11.4. The van der Waals surface area contributed by atoms with Crippen LogP contribution in [0.4, 0.5) is 5.69 Å². The maximum atomic E-state index is 11.4. The quantitative estimate of drug-likeness (QED) is 0.784. The number of anilines is 1. The summed E-state index contributed by atoms with van der Waals surface area (Å²) in [6.07, 6.45) is 3.21. The van der Waals surface area contributed by atoms with Crippen LogP contribution in [0.1, 0.15) is 31.7 Å². The maximum absolute atomic E-state index is 11.4. The van der Waals surface area contributed by atoms with E-state index in [9.17, 15) is 4.79 Å². The number of amides is 1. The fraction of sp³-hybridized carbons (Fsp3) is 0.385. The van der Waals surface area contributed by atoms with Gasteiger partial charge < -0.3 is 5.32 Å². The minimum absolute atomic E-state index is 0.0917. The van der Waals surface area contributed by atoms with Crippen molar-refractivity contribution < 1.29 is 4.79 Å². The summed E-state index contributed by atoms with van der Waals surface area (Å²) in [5, 5.41) is 2.93. The number of hydrogen-bond donors (Lipinski definition) is 1. The molecule has 0 spiro atoms. The Morgan fingerprint density at radius 1 is 1.40 bits per heavy atom. The Kier molecular flexibility index (Phi) is 4.88. The van der Waals surface area contributed by atoms with Gasteiger partial charge in [0.1, 0.15) is 0 Å². The molecule has 1 aromatic carbocycles. The Hall–Kier alpha value is -1.31. The number of benzene rings is 1. The molecule has 0 atom stereocenters. The Morgan fingerprint density at radius 2 is 2.13 bits per heavy atom. The van der Waals surface area contributed by atoms with Crippen LogP contribution in [0.15, 0.2) is 24.3 Å². The molecule has 1 N–H and O–H groups in total. The van der Waals surface area contributed by atoms with Gasteiger partial charge in [-0.25, -0.2) is 0 Å². The van der Waals surface area contributed by atoms with Gasteiger partial charge in [-0.15, -0.1) is 0 Å². The van der Waals surface area contributed by atoms with Crippen molar-refractivity contribution in [2.75, 3.05) is 5.32 Å². The van der Waals surface area contributed by atoms with Gasteiger partial charge in [0.05, 0.1) is 0 Å². The van der Waals surface area contributed by atoms with Gasteiger partial charge in [-0.3, -0.25) is 4.79 Å². The van der Waals surface area contributed by atoms with E-state index in [1.807, 2.05) is 31.2 Å². The van der Waals surface area contributed by atoms with Gasteiger partial charge in [0.15, 0.2) is 0 Å². The fourth-order valence-electron chi connectivity index (χ4n) is 1.49. The molecule has 2 heteroatoms. The molecule has 1 radical (unpaired) electrons.